The van der Waals surface area contributed by atoms with Crippen LogP contribution in [0.1, 0.15) is 30.9 Å². The van der Waals surface area contributed by atoms with Crippen LogP contribution in [0.2, 0.25) is 0 Å². The fourth-order valence-electron chi connectivity index (χ4n) is 3.07. The van der Waals surface area contributed by atoms with E-state index >= 15 is 0 Å². The lowest BCUT2D eigenvalue weighted by Crippen LogP contribution is -2.48. The number of nitrogens with two attached hydrogens (primary N) is 1. The molecule has 1 fully saturated rings. The SMILES string of the molecule is CC1CCCN(Cc2ccccc2C(F)(F)F)C1CN. The maximum atomic E-state index is 13.0. The van der Waals surface area contributed by atoms with Crippen molar-refractivity contribution in [2.24, 2.45) is 11.7 Å². The molecule has 0 spiro atoms. The standard InChI is InChI=1S/C15H21F3N2/c1-11-5-4-8-20(14(11)9-19)10-12-6-2-3-7-13(12)15(16,17)18/h2-3,6-7,11,14H,4-5,8-10,19H2,1H3. The highest BCUT2D eigenvalue weighted by atomic mass is 19.4. The average molecular weight is 286 g/mol. The van der Waals surface area contributed by atoms with Crippen molar-refractivity contribution in [3.8, 4) is 0 Å². The van der Waals surface area contributed by atoms with Gasteiger partial charge >= 0.3 is 6.18 Å². The molecule has 0 aliphatic carbocycles. The molecule has 0 bridgehead atoms. The van der Waals surface area contributed by atoms with Crippen LogP contribution in [0.3, 0.4) is 0 Å². The van der Waals surface area contributed by atoms with Crippen molar-refractivity contribution in [1.29, 1.82) is 0 Å². The molecule has 0 aromatic heterocycles. The van der Waals surface area contributed by atoms with Crippen LogP contribution in [-0.4, -0.2) is 24.0 Å². The fraction of sp³-hybridized carbons (Fsp3) is 0.600. The molecule has 5 heteroatoms. The summed E-state index contributed by atoms with van der Waals surface area (Å²) in [6, 6.07) is 5.99. The zero-order valence-corrected chi connectivity index (χ0v) is 11.7. The Morgan fingerprint density at radius 1 is 1.30 bits per heavy atom. The Kier molecular flexibility index (Phi) is 4.70. The van der Waals surface area contributed by atoms with Gasteiger partial charge in [-0.25, -0.2) is 0 Å². The minimum absolute atomic E-state index is 0.171. The molecule has 1 aliphatic rings. The van der Waals surface area contributed by atoms with E-state index in [1.165, 1.54) is 6.07 Å². The molecular weight excluding hydrogens is 265 g/mol. The Morgan fingerprint density at radius 2 is 2.00 bits per heavy atom. The largest absolute Gasteiger partial charge is 0.416 e. The number of hydrogen-bond donors (Lipinski definition) is 1. The van der Waals surface area contributed by atoms with E-state index in [2.05, 4.69) is 11.8 Å². The van der Waals surface area contributed by atoms with Gasteiger partial charge in [-0.05, 0) is 36.9 Å². The van der Waals surface area contributed by atoms with Crippen LogP contribution >= 0.6 is 0 Å². The Labute approximate surface area is 117 Å². The van der Waals surface area contributed by atoms with Gasteiger partial charge in [0.05, 0.1) is 5.56 Å². The third-order valence-electron chi connectivity index (χ3n) is 4.17. The van der Waals surface area contributed by atoms with Gasteiger partial charge in [0.25, 0.3) is 0 Å². The number of halogens is 3. The molecule has 2 unspecified atom stereocenters. The first-order valence-electron chi connectivity index (χ1n) is 7.02. The van der Waals surface area contributed by atoms with Crippen LogP contribution in [0, 0.1) is 5.92 Å². The minimum atomic E-state index is -4.30. The van der Waals surface area contributed by atoms with Gasteiger partial charge < -0.3 is 5.73 Å². The number of likely N-dealkylation sites (tertiary alicyclic amines) is 1. The summed E-state index contributed by atoms with van der Waals surface area (Å²) in [5, 5.41) is 0. The molecule has 20 heavy (non-hydrogen) atoms. The van der Waals surface area contributed by atoms with Crippen LogP contribution in [0.4, 0.5) is 13.2 Å². The van der Waals surface area contributed by atoms with Crippen molar-refractivity contribution in [2.45, 2.75) is 38.5 Å². The molecule has 0 radical (unpaired) electrons. The van der Waals surface area contributed by atoms with Crippen LogP contribution < -0.4 is 5.73 Å². The van der Waals surface area contributed by atoms with E-state index in [9.17, 15) is 13.2 Å². The molecule has 2 atom stereocenters. The molecule has 2 N–H and O–H groups in total. The van der Waals surface area contributed by atoms with Gasteiger partial charge in [0.2, 0.25) is 0 Å². The van der Waals surface area contributed by atoms with Crippen molar-refractivity contribution < 1.29 is 13.2 Å². The molecular formula is C15H21F3N2. The van der Waals surface area contributed by atoms with E-state index in [0.29, 0.717) is 24.6 Å². The molecule has 112 valence electrons. The third-order valence-corrected chi connectivity index (χ3v) is 4.17. The normalized spacial score (nSPS) is 24.9. The number of hydrogen-bond acceptors (Lipinski definition) is 2. The minimum Gasteiger partial charge on any atom is -0.329 e. The quantitative estimate of drug-likeness (QED) is 0.924. The molecule has 1 aromatic rings. The Bertz CT molecular complexity index is 445. The van der Waals surface area contributed by atoms with E-state index in [4.69, 9.17) is 5.73 Å². The van der Waals surface area contributed by atoms with Crippen LogP contribution in [0.15, 0.2) is 24.3 Å². The molecule has 1 aromatic carbocycles. The number of alkyl halides is 3. The lowest BCUT2D eigenvalue weighted by Gasteiger charge is -2.39. The van der Waals surface area contributed by atoms with Gasteiger partial charge in [0.15, 0.2) is 0 Å². The second kappa shape index (κ2) is 6.14. The van der Waals surface area contributed by atoms with Crippen LogP contribution in [0.5, 0.6) is 0 Å². The highest BCUT2D eigenvalue weighted by Crippen LogP contribution is 2.33. The number of nitrogens with zero attached hydrogens (tertiary/aromatic N) is 1. The molecule has 1 aliphatic heterocycles. The summed E-state index contributed by atoms with van der Waals surface area (Å²) >= 11 is 0. The predicted octanol–water partition coefficient (Wildman–Crippen LogP) is 3.26. The van der Waals surface area contributed by atoms with E-state index in [1.54, 1.807) is 12.1 Å². The van der Waals surface area contributed by atoms with Crippen LogP contribution in [0.25, 0.3) is 0 Å². The first kappa shape index (κ1) is 15.3. The Balaban J connectivity index is 2.21. The first-order valence-corrected chi connectivity index (χ1v) is 7.02. The van der Waals surface area contributed by atoms with Crippen molar-refractivity contribution >= 4 is 0 Å². The molecule has 0 amide bonds. The summed E-state index contributed by atoms with van der Waals surface area (Å²) in [4.78, 5) is 2.10. The van der Waals surface area contributed by atoms with Crippen molar-refractivity contribution in [2.75, 3.05) is 13.1 Å². The topological polar surface area (TPSA) is 29.3 Å². The number of piperidine rings is 1. The number of benzene rings is 1. The van der Waals surface area contributed by atoms with Gasteiger partial charge in [-0.15, -0.1) is 0 Å². The predicted molar refractivity (Wildman–Crippen MR) is 73.1 cm³/mol. The summed E-state index contributed by atoms with van der Waals surface area (Å²) < 4.78 is 39.0. The van der Waals surface area contributed by atoms with Gasteiger partial charge in [-0.3, -0.25) is 4.90 Å². The van der Waals surface area contributed by atoms with Crippen molar-refractivity contribution in [3.63, 3.8) is 0 Å². The van der Waals surface area contributed by atoms with Gasteiger partial charge in [0, 0.05) is 19.1 Å². The highest BCUT2D eigenvalue weighted by molar-refractivity contribution is 5.29. The summed E-state index contributed by atoms with van der Waals surface area (Å²) in [6.45, 7) is 3.76. The monoisotopic (exact) mass is 286 g/mol. The molecule has 2 nitrogen and oxygen atoms in total. The average Bonchev–Trinajstić information content (AvgIpc) is 2.38. The van der Waals surface area contributed by atoms with Gasteiger partial charge in [-0.1, -0.05) is 25.1 Å². The van der Waals surface area contributed by atoms with Crippen molar-refractivity contribution in [3.05, 3.63) is 35.4 Å². The molecule has 1 saturated heterocycles. The Hall–Kier alpha value is -1.07. The molecule has 2 rings (SSSR count). The lowest BCUT2D eigenvalue weighted by molar-refractivity contribution is -0.138. The lowest BCUT2D eigenvalue weighted by atomic mass is 9.90. The maximum absolute atomic E-state index is 13.0. The van der Waals surface area contributed by atoms with Crippen LogP contribution in [-0.2, 0) is 12.7 Å². The zero-order chi connectivity index (χ0) is 14.8. The highest BCUT2D eigenvalue weighted by Gasteiger charge is 2.34. The van der Waals surface area contributed by atoms with Gasteiger partial charge in [-0.2, -0.15) is 13.2 Å². The third kappa shape index (κ3) is 3.33. The summed E-state index contributed by atoms with van der Waals surface area (Å²) in [6.07, 6.45) is -2.18. The van der Waals surface area contributed by atoms with E-state index in [-0.39, 0.29) is 6.04 Å². The summed E-state index contributed by atoms with van der Waals surface area (Å²) in [7, 11) is 0. The summed E-state index contributed by atoms with van der Waals surface area (Å²) in [5.74, 6) is 0.437. The first-order chi connectivity index (χ1) is 9.43. The maximum Gasteiger partial charge on any atom is 0.416 e. The van der Waals surface area contributed by atoms with E-state index in [1.807, 2.05) is 0 Å². The fourth-order valence-corrected chi connectivity index (χ4v) is 3.07. The summed E-state index contributed by atoms with van der Waals surface area (Å²) in [5.41, 5.74) is 5.60. The second-order valence-corrected chi connectivity index (χ2v) is 5.55. The van der Waals surface area contributed by atoms with E-state index < -0.39 is 11.7 Å². The second-order valence-electron chi connectivity index (χ2n) is 5.55. The van der Waals surface area contributed by atoms with E-state index in [0.717, 1.165) is 25.5 Å². The van der Waals surface area contributed by atoms with Gasteiger partial charge in [0.1, 0.15) is 0 Å². The van der Waals surface area contributed by atoms with Crippen molar-refractivity contribution in [1.82, 2.24) is 4.90 Å². The molecule has 1 heterocycles. The zero-order valence-electron chi connectivity index (χ0n) is 11.7. The molecule has 0 saturated carbocycles. The number of rotatable bonds is 3. The Morgan fingerprint density at radius 3 is 2.65 bits per heavy atom. The smallest absolute Gasteiger partial charge is 0.329 e.